The van der Waals surface area contributed by atoms with Crippen LogP contribution < -0.4 is 5.73 Å². The first-order valence-electron chi connectivity index (χ1n) is 6.10. The summed E-state index contributed by atoms with van der Waals surface area (Å²) in [6.07, 6.45) is 10.3. The molecule has 0 radical (unpaired) electrons. The summed E-state index contributed by atoms with van der Waals surface area (Å²) in [5.41, 5.74) is 7.39. The quantitative estimate of drug-likeness (QED) is 0.854. The van der Waals surface area contributed by atoms with Gasteiger partial charge in [0.15, 0.2) is 0 Å². The summed E-state index contributed by atoms with van der Waals surface area (Å²) in [6.45, 7) is 0. The Morgan fingerprint density at radius 2 is 2.25 bits per heavy atom. The molecule has 1 atom stereocenters. The molecule has 0 bridgehead atoms. The normalized spacial score (nSPS) is 18.8. The van der Waals surface area contributed by atoms with Crippen molar-refractivity contribution in [1.29, 1.82) is 0 Å². The fraction of sp³-hybridized carbons (Fsp3) is 0.615. The first-order valence-corrected chi connectivity index (χ1v) is 7.15. The van der Waals surface area contributed by atoms with Gasteiger partial charge in [-0.2, -0.15) is 11.8 Å². The molecule has 0 aliphatic heterocycles. The lowest BCUT2D eigenvalue weighted by Gasteiger charge is -2.14. The van der Waals surface area contributed by atoms with Crippen LogP contribution in [0.3, 0.4) is 0 Å². The van der Waals surface area contributed by atoms with E-state index in [2.05, 4.69) is 22.8 Å². The fourth-order valence-corrected chi connectivity index (χ4v) is 3.50. The van der Waals surface area contributed by atoms with Crippen molar-refractivity contribution in [1.82, 2.24) is 4.98 Å². The van der Waals surface area contributed by atoms with Crippen molar-refractivity contribution in [3.05, 3.63) is 30.1 Å². The second-order valence-corrected chi connectivity index (χ2v) is 5.90. The Labute approximate surface area is 102 Å². The average Bonchev–Trinajstić information content (AvgIpc) is 2.81. The standard InChI is InChI=1S/C13H20N2S/c14-12(8-11-4-3-7-15-9-11)10-16-13-5-1-2-6-13/h3-4,7,9,12-13H,1-2,5-6,8,10,14H2. The Morgan fingerprint density at radius 1 is 1.44 bits per heavy atom. The van der Waals surface area contributed by atoms with Crippen LogP contribution in [0, 0.1) is 0 Å². The molecule has 2 rings (SSSR count). The van der Waals surface area contributed by atoms with Crippen molar-refractivity contribution in [3.8, 4) is 0 Å². The third-order valence-electron chi connectivity index (χ3n) is 3.07. The van der Waals surface area contributed by atoms with E-state index in [1.807, 2.05) is 18.5 Å². The third kappa shape index (κ3) is 3.80. The number of aromatic nitrogens is 1. The average molecular weight is 236 g/mol. The molecule has 0 spiro atoms. The first-order chi connectivity index (χ1) is 7.84. The van der Waals surface area contributed by atoms with Crippen LogP contribution in [0.5, 0.6) is 0 Å². The highest BCUT2D eigenvalue weighted by molar-refractivity contribution is 7.99. The predicted octanol–water partition coefficient (Wildman–Crippen LogP) is 2.63. The zero-order valence-electron chi connectivity index (χ0n) is 9.64. The van der Waals surface area contributed by atoms with Crippen LogP contribution in [0.15, 0.2) is 24.5 Å². The van der Waals surface area contributed by atoms with Gasteiger partial charge in [-0.15, -0.1) is 0 Å². The van der Waals surface area contributed by atoms with E-state index in [-0.39, 0.29) is 6.04 Å². The molecule has 0 aromatic carbocycles. The van der Waals surface area contributed by atoms with Crippen molar-refractivity contribution < 1.29 is 0 Å². The lowest BCUT2D eigenvalue weighted by Crippen LogP contribution is -2.26. The highest BCUT2D eigenvalue weighted by Crippen LogP contribution is 2.29. The number of rotatable bonds is 5. The SMILES string of the molecule is NC(CSC1CCCC1)Cc1cccnc1. The summed E-state index contributed by atoms with van der Waals surface area (Å²) in [6, 6.07) is 4.36. The van der Waals surface area contributed by atoms with Crippen LogP contribution in [-0.2, 0) is 6.42 Å². The summed E-state index contributed by atoms with van der Waals surface area (Å²) in [7, 11) is 0. The van der Waals surface area contributed by atoms with E-state index in [4.69, 9.17) is 5.73 Å². The van der Waals surface area contributed by atoms with Crippen molar-refractivity contribution >= 4 is 11.8 Å². The van der Waals surface area contributed by atoms with Crippen molar-refractivity contribution in [2.75, 3.05) is 5.75 Å². The minimum atomic E-state index is 0.273. The Bertz CT molecular complexity index is 296. The number of thioether (sulfide) groups is 1. The van der Waals surface area contributed by atoms with Crippen LogP contribution in [0.4, 0.5) is 0 Å². The van der Waals surface area contributed by atoms with Crippen LogP contribution in [0.25, 0.3) is 0 Å². The van der Waals surface area contributed by atoms with E-state index >= 15 is 0 Å². The molecule has 0 amide bonds. The van der Waals surface area contributed by atoms with Gasteiger partial charge in [-0.25, -0.2) is 0 Å². The monoisotopic (exact) mass is 236 g/mol. The molecule has 0 saturated heterocycles. The molecule has 1 fully saturated rings. The molecule has 1 aliphatic carbocycles. The number of pyridine rings is 1. The molecular weight excluding hydrogens is 216 g/mol. The van der Waals surface area contributed by atoms with E-state index in [1.165, 1.54) is 31.2 Å². The second-order valence-electron chi connectivity index (χ2n) is 4.57. The molecular formula is C13H20N2S. The first kappa shape index (κ1) is 11.9. The van der Waals surface area contributed by atoms with E-state index in [0.717, 1.165) is 17.4 Å². The van der Waals surface area contributed by atoms with Gasteiger partial charge in [0.05, 0.1) is 0 Å². The molecule has 1 heterocycles. The van der Waals surface area contributed by atoms with Gasteiger partial charge in [0, 0.05) is 29.4 Å². The maximum atomic E-state index is 6.14. The zero-order valence-corrected chi connectivity index (χ0v) is 10.5. The highest BCUT2D eigenvalue weighted by Gasteiger charge is 2.16. The third-order valence-corrected chi connectivity index (χ3v) is 4.63. The minimum Gasteiger partial charge on any atom is -0.327 e. The molecule has 3 heteroatoms. The van der Waals surface area contributed by atoms with Crippen LogP contribution in [0.2, 0.25) is 0 Å². The molecule has 1 unspecified atom stereocenters. The highest BCUT2D eigenvalue weighted by atomic mass is 32.2. The maximum absolute atomic E-state index is 6.14. The summed E-state index contributed by atoms with van der Waals surface area (Å²) in [5, 5.41) is 0.875. The lowest BCUT2D eigenvalue weighted by molar-refractivity contribution is 0.742. The van der Waals surface area contributed by atoms with Crippen LogP contribution in [-0.4, -0.2) is 22.0 Å². The van der Waals surface area contributed by atoms with Crippen molar-refractivity contribution in [2.45, 2.75) is 43.4 Å². The Morgan fingerprint density at radius 3 is 2.94 bits per heavy atom. The van der Waals surface area contributed by atoms with Crippen LogP contribution in [0.1, 0.15) is 31.2 Å². The molecule has 1 aromatic rings. The summed E-state index contributed by atoms with van der Waals surface area (Å²) < 4.78 is 0. The van der Waals surface area contributed by atoms with E-state index < -0.39 is 0 Å². The van der Waals surface area contributed by atoms with Gasteiger partial charge in [-0.1, -0.05) is 18.9 Å². The Hall–Kier alpha value is -0.540. The number of hydrogen-bond acceptors (Lipinski definition) is 3. The maximum Gasteiger partial charge on any atom is 0.0300 e. The molecule has 1 saturated carbocycles. The van der Waals surface area contributed by atoms with Gasteiger partial charge >= 0.3 is 0 Å². The van der Waals surface area contributed by atoms with Gasteiger partial charge in [0.2, 0.25) is 0 Å². The fourth-order valence-electron chi connectivity index (χ4n) is 2.20. The van der Waals surface area contributed by atoms with Crippen molar-refractivity contribution in [2.24, 2.45) is 5.73 Å². The molecule has 88 valence electrons. The van der Waals surface area contributed by atoms with E-state index in [0.29, 0.717) is 0 Å². The topological polar surface area (TPSA) is 38.9 Å². The summed E-state index contributed by atoms with van der Waals surface area (Å²) in [4.78, 5) is 4.11. The van der Waals surface area contributed by atoms with E-state index in [9.17, 15) is 0 Å². The van der Waals surface area contributed by atoms with Gasteiger partial charge in [-0.05, 0) is 30.9 Å². The predicted molar refractivity (Wildman–Crippen MR) is 70.6 cm³/mol. The summed E-state index contributed by atoms with van der Waals surface area (Å²) >= 11 is 2.07. The Balaban J connectivity index is 1.69. The number of nitrogens with zero attached hydrogens (tertiary/aromatic N) is 1. The molecule has 2 N–H and O–H groups in total. The summed E-state index contributed by atoms with van der Waals surface area (Å²) in [5.74, 6) is 1.08. The lowest BCUT2D eigenvalue weighted by atomic mass is 10.1. The number of nitrogens with two attached hydrogens (primary N) is 1. The number of hydrogen-bond donors (Lipinski definition) is 1. The largest absolute Gasteiger partial charge is 0.327 e. The van der Waals surface area contributed by atoms with Gasteiger partial charge in [0.1, 0.15) is 0 Å². The van der Waals surface area contributed by atoms with Gasteiger partial charge in [0.25, 0.3) is 0 Å². The van der Waals surface area contributed by atoms with Gasteiger partial charge < -0.3 is 5.73 Å². The second kappa shape index (κ2) is 6.26. The van der Waals surface area contributed by atoms with Gasteiger partial charge in [-0.3, -0.25) is 4.98 Å². The van der Waals surface area contributed by atoms with Crippen LogP contribution >= 0.6 is 11.8 Å². The molecule has 1 aromatic heterocycles. The van der Waals surface area contributed by atoms with E-state index in [1.54, 1.807) is 0 Å². The smallest absolute Gasteiger partial charge is 0.0300 e. The Kier molecular flexibility index (Phi) is 4.67. The molecule has 2 nitrogen and oxygen atoms in total. The minimum absolute atomic E-state index is 0.273. The van der Waals surface area contributed by atoms with Crippen molar-refractivity contribution in [3.63, 3.8) is 0 Å². The molecule has 1 aliphatic rings. The molecule has 16 heavy (non-hydrogen) atoms. The zero-order chi connectivity index (χ0) is 11.2.